The van der Waals surface area contributed by atoms with Crippen LogP contribution in [-0.4, -0.2) is 60.1 Å². The molecule has 0 N–H and O–H groups in total. The van der Waals surface area contributed by atoms with Gasteiger partial charge in [0.05, 0.1) is 6.61 Å². The van der Waals surface area contributed by atoms with Crippen molar-refractivity contribution in [3.63, 3.8) is 0 Å². The molecular weight excluding hydrogens is 216 g/mol. The number of fused-ring (bicyclic) bond motifs is 1. The molecular formula is C13H24N2O2. The average molecular weight is 240 g/mol. The lowest BCUT2D eigenvalue weighted by Gasteiger charge is -2.44. The van der Waals surface area contributed by atoms with Crippen molar-refractivity contribution in [3.8, 4) is 0 Å². The Hall–Kier alpha value is -0.610. The molecule has 0 spiro atoms. The van der Waals surface area contributed by atoms with Crippen molar-refractivity contribution in [1.29, 1.82) is 0 Å². The molecule has 0 aromatic rings. The molecule has 0 aromatic carbocycles. The van der Waals surface area contributed by atoms with Gasteiger partial charge >= 0.3 is 5.97 Å². The summed E-state index contributed by atoms with van der Waals surface area (Å²) in [5, 5.41) is 0. The maximum Gasteiger partial charge on any atom is 0.323 e. The number of rotatable bonds is 3. The van der Waals surface area contributed by atoms with Gasteiger partial charge in [0.1, 0.15) is 6.04 Å². The SMILES string of the molecule is CCOC(=O)C(C)N1CC2CCCN2CC1C. The highest BCUT2D eigenvalue weighted by molar-refractivity contribution is 5.75. The standard InChI is InChI=1S/C13H24N2O2/c1-4-17-13(16)11(3)15-9-12-6-5-7-14(12)8-10(15)2/h10-12H,4-9H2,1-3H3. The first kappa shape index (κ1) is 12.8. The normalized spacial score (nSPS) is 32.2. The molecule has 3 atom stereocenters. The minimum atomic E-state index is -0.104. The minimum absolute atomic E-state index is 0.0780. The zero-order valence-corrected chi connectivity index (χ0v) is 11.2. The molecule has 0 aliphatic carbocycles. The number of ether oxygens (including phenoxy) is 1. The van der Waals surface area contributed by atoms with Gasteiger partial charge in [-0.1, -0.05) is 0 Å². The molecule has 0 saturated carbocycles. The van der Waals surface area contributed by atoms with Crippen LogP contribution in [0.3, 0.4) is 0 Å². The van der Waals surface area contributed by atoms with Crippen molar-refractivity contribution in [2.24, 2.45) is 0 Å². The predicted octanol–water partition coefficient (Wildman–Crippen LogP) is 1.11. The Bertz CT molecular complexity index is 283. The van der Waals surface area contributed by atoms with Crippen LogP contribution in [0.2, 0.25) is 0 Å². The maximum atomic E-state index is 11.8. The van der Waals surface area contributed by atoms with Crippen molar-refractivity contribution in [1.82, 2.24) is 9.80 Å². The molecule has 2 aliphatic heterocycles. The van der Waals surface area contributed by atoms with Crippen LogP contribution in [0.5, 0.6) is 0 Å². The number of hydrogen-bond acceptors (Lipinski definition) is 4. The van der Waals surface area contributed by atoms with Gasteiger partial charge in [0.25, 0.3) is 0 Å². The third kappa shape index (κ3) is 2.63. The third-order valence-corrected chi connectivity index (χ3v) is 4.11. The number of nitrogens with zero attached hydrogens (tertiary/aromatic N) is 2. The lowest BCUT2D eigenvalue weighted by atomic mass is 10.1. The fourth-order valence-corrected chi connectivity index (χ4v) is 3.15. The van der Waals surface area contributed by atoms with Crippen molar-refractivity contribution in [3.05, 3.63) is 0 Å². The Kier molecular flexibility index (Phi) is 4.05. The van der Waals surface area contributed by atoms with Gasteiger partial charge < -0.3 is 4.74 Å². The van der Waals surface area contributed by atoms with Gasteiger partial charge in [-0.3, -0.25) is 14.6 Å². The first-order valence-corrected chi connectivity index (χ1v) is 6.80. The first-order chi connectivity index (χ1) is 8.13. The second-order valence-electron chi connectivity index (χ2n) is 5.26. The molecule has 2 saturated heterocycles. The molecule has 2 heterocycles. The fourth-order valence-electron chi connectivity index (χ4n) is 3.15. The molecule has 2 fully saturated rings. The summed E-state index contributed by atoms with van der Waals surface area (Å²) in [6.07, 6.45) is 2.58. The molecule has 3 unspecified atom stereocenters. The fraction of sp³-hybridized carbons (Fsp3) is 0.923. The Balaban J connectivity index is 1.97. The van der Waals surface area contributed by atoms with Gasteiger partial charge in [0, 0.05) is 25.2 Å². The van der Waals surface area contributed by atoms with E-state index >= 15 is 0 Å². The van der Waals surface area contributed by atoms with E-state index in [1.54, 1.807) is 0 Å². The summed E-state index contributed by atoms with van der Waals surface area (Å²) in [7, 11) is 0. The van der Waals surface area contributed by atoms with Gasteiger partial charge in [0.2, 0.25) is 0 Å². The van der Waals surface area contributed by atoms with E-state index < -0.39 is 0 Å². The van der Waals surface area contributed by atoms with Crippen molar-refractivity contribution in [2.45, 2.75) is 51.7 Å². The van der Waals surface area contributed by atoms with Crippen LogP contribution in [0.4, 0.5) is 0 Å². The van der Waals surface area contributed by atoms with E-state index in [1.165, 1.54) is 19.4 Å². The lowest BCUT2D eigenvalue weighted by Crippen LogP contribution is -2.59. The van der Waals surface area contributed by atoms with Crippen LogP contribution in [0.15, 0.2) is 0 Å². The summed E-state index contributed by atoms with van der Waals surface area (Å²) in [4.78, 5) is 16.7. The molecule has 0 bridgehead atoms. The number of carbonyl (C=O) groups is 1. The van der Waals surface area contributed by atoms with Crippen LogP contribution >= 0.6 is 0 Å². The van der Waals surface area contributed by atoms with E-state index in [1.807, 2.05) is 13.8 Å². The monoisotopic (exact) mass is 240 g/mol. The van der Waals surface area contributed by atoms with Gasteiger partial charge in [-0.15, -0.1) is 0 Å². The van der Waals surface area contributed by atoms with E-state index in [2.05, 4.69) is 16.7 Å². The largest absolute Gasteiger partial charge is 0.465 e. The number of piperazine rings is 1. The molecule has 0 aromatic heterocycles. The van der Waals surface area contributed by atoms with Crippen LogP contribution in [0.1, 0.15) is 33.6 Å². The summed E-state index contributed by atoms with van der Waals surface area (Å²) in [5.74, 6) is -0.0780. The predicted molar refractivity (Wildman–Crippen MR) is 66.9 cm³/mol. The van der Waals surface area contributed by atoms with Crippen LogP contribution in [0.25, 0.3) is 0 Å². The third-order valence-electron chi connectivity index (χ3n) is 4.11. The zero-order chi connectivity index (χ0) is 12.4. The van der Waals surface area contributed by atoms with Crippen molar-refractivity contribution < 1.29 is 9.53 Å². The molecule has 4 heteroatoms. The van der Waals surface area contributed by atoms with Gasteiger partial charge in [0.15, 0.2) is 0 Å². The van der Waals surface area contributed by atoms with Crippen molar-refractivity contribution >= 4 is 5.97 Å². The van der Waals surface area contributed by atoms with E-state index in [4.69, 9.17) is 4.74 Å². The summed E-state index contributed by atoms with van der Waals surface area (Å²) < 4.78 is 5.12. The highest BCUT2D eigenvalue weighted by Gasteiger charge is 2.38. The lowest BCUT2D eigenvalue weighted by molar-refractivity contribution is -0.151. The van der Waals surface area contributed by atoms with E-state index in [-0.39, 0.29) is 12.0 Å². The van der Waals surface area contributed by atoms with E-state index in [0.29, 0.717) is 18.7 Å². The topological polar surface area (TPSA) is 32.8 Å². The Morgan fingerprint density at radius 1 is 1.47 bits per heavy atom. The second kappa shape index (κ2) is 5.36. The van der Waals surface area contributed by atoms with E-state index in [0.717, 1.165) is 13.1 Å². The van der Waals surface area contributed by atoms with E-state index in [9.17, 15) is 4.79 Å². The Morgan fingerprint density at radius 2 is 2.24 bits per heavy atom. The summed E-state index contributed by atoms with van der Waals surface area (Å²) in [5.41, 5.74) is 0. The Labute approximate surface area is 104 Å². The second-order valence-corrected chi connectivity index (χ2v) is 5.26. The van der Waals surface area contributed by atoms with Gasteiger partial charge in [-0.2, -0.15) is 0 Å². The molecule has 17 heavy (non-hydrogen) atoms. The first-order valence-electron chi connectivity index (χ1n) is 6.80. The molecule has 2 rings (SSSR count). The van der Waals surface area contributed by atoms with Crippen LogP contribution in [-0.2, 0) is 9.53 Å². The highest BCUT2D eigenvalue weighted by atomic mass is 16.5. The smallest absolute Gasteiger partial charge is 0.323 e. The number of esters is 1. The van der Waals surface area contributed by atoms with Crippen LogP contribution < -0.4 is 0 Å². The molecule has 0 radical (unpaired) electrons. The highest BCUT2D eigenvalue weighted by Crippen LogP contribution is 2.26. The zero-order valence-electron chi connectivity index (χ0n) is 11.2. The number of carbonyl (C=O) groups excluding carboxylic acids is 1. The van der Waals surface area contributed by atoms with Crippen LogP contribution in [0, 0.1) is 0 Å². The summed E-state index contributed by atoms with van der Waals surface area (Å²) >= 11 is 0. The maximum absolute atomic E-state index is 11.8. The molecule has 4 nitrogen and oxygen atoms in total. The Morgan fingerprint density at radius 3 is 2.94 bits per heavy atom. The average Bonchev–Trinajstić information content (AvgIpc) is 2.74. The molecule has 98 valence electrons. The van der Waals surface area contributed by atoms with Crippen molar-refractivity contribution in [2.75, 3.05) is 26.2 Å². The minimum Gasteiger partial charge on any atom is -0.465 e. The number of hydrogen-bond donors (Lipinski definition) is 0. The van der Waals surface area contributed by atoms with Gasteiger partial charge in [-0.05, 0) is 40.2 Å². The summed E-state index contributed by atoms with van der Waals surface area (Å²) in [6.45, 7) is 9.86. The molecule has 2 aliphatic rings. The van der Waals surface area contributed by atoms with Gasteiger partial charge in [-0.25, -0.2) is 0 Å². The summed E-state index contributed by atoms with van der Waals surface area (Å²) in [6, 6.07) is 1.000. The molecule has 0 amide bonds. The quantitative estimate of drug-likeness (QED) is 0.692.